The van der Waals surface area contributed by atoms with Crippen LogP contribution in [-0.2, 0) is 4.74 Å². The molecule has 3 fully saturated rings. The highest BCUT2D eigenvalue weighted by Gasteiger charge is 2.35. The molecule has 8 heteroatoms. The summed E-state index contributed by atoms with van der Waals surface area (Å²) in [4.78, 5) is 33.1. The van der Waals surface area contributed by atoms with E-state index in [2.05, 4.69) is 15.2 Å². The van der Waals surface area contributed by atoms with Gasteiger partial charge in [0.05, 0.1) is 6.20 Å². The summed E-state index contributed by atoms with van der Waals surface area (Å²) in [7, 11) is 1.60. The molecule has 1 N–H and O–H groups in total. The summed E-state index contributed by atoms with van der Waals surface area (Å²) in [6.07, 6.45) is 3.35. The van der Waals surface area contributed by atoms with E-state index in [9.17, 15) is 9.59 Å². The highest BCUT2D eigenvalue weighted by Crippen LogP contribution is 2.28. The maximum atomic E-state index is 12.5. The third-order valence-electron chi connectivity index (χ3n) is 4.64. The molecule has 1 aromatic rings. The van der Waals surface area contributed by atoms with Gasteiger partial charge in [0.15, 0.2) is 5.13 Å². The smallest absolute Gasteiger partial charge is 0.416 e. The Hall–Kier alpha value is -1.67. The van der Waals surface area contributed by atoms with Crippen LogP contribution >= 0.6 is 11.3 Å². The third-order valence-corrected chi connectivity index (χ3v) is 5.72. The van der Waals surface area contributed by atoms with Gasteiger partial charge >= 0.3 is 6.09 Å². The maximum absolute atomic E-state index is 12.5. The second-order valence-corrected chi connectivity index (χ2v) is 8.77. The summed E-state index contributed by atoms with van der Waals surface area (Å²) in [6, 6.07) is 0.212. The van der Waals surface area contributed by atoms with E-state index in [1.807, 2.05) is 20.8 Å². The van der Waals surface area contributed by atoms with Crippen molar-refractivity contribution < 1.29 is 14.3 Å². The summed E-state index contributed by atoms with van der Waals surface area (Å²) in [5.74, 6) is 0.464. The van der Waals surface area contributed by atoms with E-state index < -0.39 is 11.7 Å². The largest absolute Gasteiger partial charge is 0.443 e. The van der Waals surface area contributed by atoms with Gasteiger partial charge in [0, 0.05) is 19.6 Å². The third kappa shape index (κ3) is 4.30. The van der Waals surface area contributed by atoms with Crippen LogP contribution in [0.4, 0.5) is 9.93 Å². The lowest BCUT2D eigenvalue weighted by molar-refractivity contribution is 0.0588. The van der Waals surface area contributed by atoms with Gasteiger partial charge in [0.25, 0.3) is 5.91 Å². The lowest BCUT2D eigenvalue weighted by Crippen LogP contribution is -2.57. The molecule has 3 aliphatic heterocycles. The van der Waals surface area contributed by atoms with E-state index >= 15 is 0 Å². The summed E-state index contributed by atoms with van der Waals surface area (Å²) < 4.78 is 5.33. The van der Waals surface area contributed by atoms with Crippen LogP contribution in [0.1, 0.15) is 43.3 Å². The van der Waals surface area contributed by atoms with Gasteiger partial charge in [-0.1, -0.05) is 11.3 Å². The van der Waals surface area contributed by atoms with Crippen molar-refractivity contribution in [2.75, 3.05) is 31.6 Å². The molecule has 1 aromatic heterocycles. The van der Waals surface area contributed by atoms with Crippen molar-refractivity contribution in [3.05, 3.63) is 11.1 Å². The monoisotopic (exact) mass is 366 g/mol. The second-order valence-electron chi connectivity index (χ2n) is 7.76. The van der Waals surface area contributed by atoms with E-state index in [1.165, 1.54) is 22.4 Å². The predicted octanol–water partition coefficient (Wildman–Crippen LogP) is 2.34. The normalized spacial score (nSPS) is 25.5. The van der Waals surface area contributed by atoms with Crippen LogP contribution in [0.3, 0.4) is 0 Å². The molecular formula is C17H26N4O3S. The second kappa shape index (κ2) is 6.92. The van der Waals surface area contributed by atoms with Crippen LogP contribution in [0.15, 0.2) is 6.20 Å². The number of nitrogens with zero attached hydrogens (tertiary/aromatic N) is 3. The highest BCUT2D eigenvalue weighted by atomic mass is 32.1. The molecule has 0 aromatic carbocycles. The number of amides is 2. The fourth-order valence-corrected chi connectivity index (χ4v) is 4.07. The lowest BCUT2D eigenvalue weighted by atomic mass is 9.84. The molecule has 1 atom stereocenters. The zero-order valence-corrected chi connectivity index (χ0v) is 16.1. The van der Waals surface area contributed by atoms with Gasteiger partial charge < -0.3 is 15.0 Å². The number of aromatic nitrogens is 1. The molecule has 2 bridgehead atoms. The van der Waals surface area contributed by atoms with Gasteiger partial charge in [-0.05, 0) is 52.6 Å². The molecule has 3 aliphatic rings. The Morgan fingerprint density at radius 2 is 2.04 bits per heavy atom. The average Bonchev–Trinajstić information content (AvgIpc) is 3.03. The van der Waals surface area contributed by atoms with Crippen molar-refractivity contribution in [2.45, 2.75) is 45.3 Å². The van der Waals surface area contributed by atoms with Gasteiger partial charge in [0.2, 0.25) is 0 Å². The number of rotatable bonds is 3. The van der Waals surface area contributed by atoms with Crippen LogP contribution in [-0.4, -0.2) is 60.2 Å². The number of hydrogen-bond acceptors (Lipinski definition) is 6. The molecule has 138 valence electrons. The Labute approximate surface area is 152 Å². The van der Waals surface area contributed by atoms with Gasteiger partial charge in [-0.15, -0.1) is 0 Å². The SMILES string of the molecule is CN(C(=O)OC(C)(C)C)c1ncc(C(=O)N[C@H]2CN3CCC2CC3)s1. The van der Waals surface area contributed by atoms with Crippen molar-refractivity contribution in [3.8, 4) is 0 Å². The van der Waals surface area contributed by atoms with Crippen LogP contribution in [0.2, 0.25) is 0 Å². The summed E-state index contributed by atoms with van der Waals surface area (Å²) in [5.41, 5.74) is -0.571. The number of thiazole rings is 1. The molecule has 7 nitrogen and oxygen atoms in total. The molecule has 3 saturated heterocycles. The standard InChI is InChI=1S/C17H26N4O3S/c1-17(2,3)24-16(23)20(4)15-18-9-13(25-15)14(22)19-12-10-21-7-5-11(12)6-8-21/h9,11-12H,5-8,10H2,1-4H3,(H,19,22)/t12-/m0/s1. The van der Waals surface area contributed by atoms with Crippen LogP contribution in [0.5, 0.6) is 0 Å². The predicted molar refractivity (Wildman–Crippen MR) is 97.2 cm³/mol. The maximum Gasteiger partial charge on any atom is 0.416 e. The minimum Gasteiger partial charge on any atom is -0.443 e. The van der Waals surface area contributed by atoms with Gasteiger partial charge in [-0.3, -0.25) is 9.69 Å². The first-order valence-corrected chi connectivity index (χ1v) is 9.50. The highest BCUT2D eigenvalue weighted by molar-refractivity contribution is 7.17. The van der Waals surface area contributed by atoms with E-state index in [1.54, 1.807) is 7.05 Å². The van der Waals surface area contributed by atoms with Crippen molar-refractivity contribution in [1.29, 1.82) is 0 Å². The number of anilines is 1. The molecule has 2 amide bonds. The molecule has 25 heavy (non-hydrogen) atoms. The first-order valence-electron chi connectivity index (χ1n) is 8.69. The fourth-order valence-electron chi connectivity index (χ4n) is 3.30. The summed E-state index contributed by atoms with van der Waals surface area (Å²) >= 11 is 1.20. The Kier molecular flexibility index (Phi) is 5.02. The molecule has 0 unspecified atom stereocenters. The zero-order chi connectivity index (χ0) is 18.2. The molecular weight excluding hydrogens is 340 g/mol. The summed E-state index contributed by atoms with van der Waals surface area (Å²) in [5, 5.41) is 3.59. The Morgan fingerprint density at radius 1 is 1.36 bits per heavy atom. The van der Waals surface area contributed by atoms with Crippen molar-refractivity contribution in [3.63, 3.8) is 0 Å². The van der Waals surface area contributed by atoms with E-state index in [0.29, 0.717) is 15.9 Å². The van der Waals surface area contributed by atoms with Crippen LogP contribution in [0.25, 0.3) is 0 Å². The minimum absolute atomic E-state index is 0.111. The summed E-state index contributed by atoms with van der Waals surface area (Å²) in [6.45, 7) is 8.65. The number of ether oxygens (including phenoxy) is 1. The first-order chi connectivity index (χ1) is 11.7. The number of hydrogen-bond donors (Lipinski definition) is 1. The number of nitrogens with one attached hydrogen (secondary N) is 1. The zero-order valence-electron chi connectivity index (χ0n) is 15.2. The Morgan fingerprint density at radius 3 is 2.60 bits per heavy atom. The fraction of sp³-hybridized carbons (Fsp3) is 0.706. The van der Waals surface area contributed by atoms with Crippen molar-refractivity contribution in [2.24, 2.45) is 5.92 Å². The van der Waals surface area contributed by atoms with E-state index in [4.69, 9.17) is 4.74 Å². The minimum atomic E-state index is -0.571. The van der Waals surface area contributed by atoms with Gasteiger partial charge in [-0.25, -0.2) is 9.78 Å². The topological polar surface area (TPSA) is 74.8 Å². The van der Waals surface area contributed by atoms with E-state index in [0.717, 1.165) is 32.5 Å². The number of carbonyl (C=O) groups excluding carboxylic acids is 2. The lowest BCUT2D eigenvalue weighted by Gasteiger charge is -2.44. The van der Waals surface area contributed by atoms with Crippen LogP contribution in [0, 0.1) is 5.92 Å². The number of fused-ring (bicyclic) bond motifs is 3. The molecule has 4 rings (SSSR count). The molecule has 0 radical (unpaired) electrons. The molecule has 4 heterocycles. The first kappa shape index (κ1) is 18.1. The number of piperidine rings is 3. The number of carbonyl (C=O) groups is 2. The van der Waals surface area contributed by atoms with Gasteiger partial charge in [0.1, 0.15) is 10.5 Å². The van der Waals surface area contributed by atoms with Crippen LogP contribution < -0.4 is 10.2 Å². The Bertz CT molecular complexity index is 647. The van der Waals surface area contributed by atoms with E-state index in [-0.39, 0.29) is 11.9 Å². The van der Waals surface area contributed by atoms with Crippen molar-refractivity contribution in [1.82, 2.24) is 15.2 Å². The molecule has 0 saturated carbocycles. The Balaban J connectivity index is 1.60. The molecule has 0 spiro atoms. The van der Waals surface area contributed by atoms with Crippen molar-refractivity contribution >= 4 is 28.5 Å². The van der Waals surface area contributed by atoms with Gasteiger partial charge in [-0.2, -0.15) is 0 Å². The molecule has 0 aliphatic carbocycles. The quantitative estimate of drug-likeness (QED) is 0.889. The average molecular weight is 366 g/mol.